The minimum atomic E-state index is -0.626. The van der Waals surface area contributed by atoms with Crippen molar-refractivity contribution in [2.45, 2.75) is 19.0 Å². The van der Waals surface area contributed by atoms with Crippen molar-refractivity contribution in [1.29, 1.82) is 0 Å². The fraction of sp³-hybridized carbons (Fsp3) is 0.308. The van der Waals surface area contributed by atoms with Crippen molar-refractivity contribution in [3.05, 3.63) is 83.9 Å². The average Bonchev–Trinajstić information content (AvgIpc) is 2.90. The minimum Gasteiger partial charge on any atom is -0.497 e. The van der Waals surface area contributed by atoms with Crippen molar-refractivity contribution in [3.63, 3.8) is 0 Å². The number of anilines is 1. The maximum Gasteiger partial charge on any atom is 0.272 e. The van der Waals surface area contributed by atoms with E-state index in [1.807, 2.05) is 42.5 Å². The molecular weight excluding hydrogens is 430 g/mol. The molecule has 1 unspecified atom stereocenters. The van der Waals surface area contributed by atoms with Gasteiger partial charge >= 0.3 is 0 Å². The molecule has 0 radical (unpaired) electrons. The number of aromatic nitrogens is 2. The van der Waals surface area contributed by atoms with Crippen LogP contribution in [0.15, 0.2) is 67.1 Å². The van der Waals surface area contributed by atoms with E-state index in [4.69, 9.17) is 4.74 Å². The second-order valence-corrected chi connectivity index (χ2v) is 8.27. The van der Waals surface area contributed by atoms with Gasteiger partial charge in [0.1, 0.15) is 18.4 Å². The summed E-state index contributed by atoms with van der Waals surface area (Å²) in [5.41, 5.74) is 3.19. The standard InChI is InChI=1S/C26H29N5O3/c1-34-23-9-7-21(8-10-23)17-30-11-13-31(14-12-30)24-16-27-19-28-25(24)26(33)29-22(18-32)15-20-5-3-2-4-6-20/h2-10,16,18-19,22H,11-15,17H2,1H3,(H,29,33). The van der Waals surface area contributed by atoms with Crippen molar-refractivity contribution in [3.8, 4) is 5.75 Å². The molecule has 8 nitrogen and oxygen atoms in total. The normalized spacial score (nSPS) is 14.9. The molecule has 176 valence electrons. The highest BCUT2D eigenvalue weighted by molar-refractivity contribution is 5.98. The van der Waals surface area contributed by atoms with Crippen LogP contribution in [0, 0.1) is 0 Å². The summed E-state index contributed by atoms with van der Waals surface area (Å²) in [6.45, 7) is 4.08. The van der Waals surface area contributed by atoms with E-state index in [9.17, 15) is 9.59 Å². The third kappa shape index (κ3) is 5.96. The lowest BCUT2D eigenvalue weighted by atomic mass is 10.1. The number of benzene rings is 2. The Morgan fingerprint density at radius 3 is 2.47 bits per heavy atom. The lowest BCUT2D eigenvalue weighted by Crippen LogP contribution is -2.47. The summed E-state index contributed by atoms with van der Waals surface area (Å²) in [6, 6.07) is 17.1. The number of nitrogens with zero attached hydrogens (tertiary/aromatic N) is 4. The van der Waals surface area contributed by atoms with Gasteiger partial charge in [-0.15, -0.1) is 0 Å². The third-order valence-corrected chi connectivity index (χ3v) is 5.97. The Balaban J connectivity index is 1.37. The van der Waals surface area contributed by atoms with Crippen LogP contribution in [0.25, 0.3) is 0 Å². The van der Waals surface area contributed by atoms with Crippen LogP contribution in [-0.4, -0.2) is 66.4 Å². The number of amides is 1. The second-order valence-electron chi connectivity index (χ2n) is 8.27. The van der Waals surface area contributed by atoms with Gasteiger partial charge in [0.05, 0.1) is 25.0 Å². The molecule has 34 heavy (non-hydrogen) atoms. The van der Waals surface area contributed by atoms with Gasteiger partial charge in [0.25, 0.3) is 5.91 Å². The molecule has 0 spiro atoms. The molecular formula is C26H29N5O3. The van der Waals surface area contributed by atoms with Gasteiger partial charge in [-0.05, 0) is 29.7 Å². The van der Waals surface area contributed by atoms with E-state index < -0.39 is 6.04 Å². The van der Waals surface area contributed by atoms with E-state index >= 15 is 0 Å². The fourth-order valence-corrected chi connectivity index (χ4v) is 4.10. The predicted molar refractivity (Wildman–Crippen MR) is 130 cm³/mol. The number of methoxy groups -OCH3 is 1. The van der Waals surface area contributed by atoms with Gasteiger partial charge in [-0.3, -0.25) is 9.69 Å². The highest BCUT2D eigenvalue weighted by Gasteiger charge is 2.24. The average molecular weight is 460 g/mol. The SMILES string of the molecule is COc1ccc(CN2CCN(c3cncnc3C(=O)NC(C=O)Cc3ccccc3)CC2)cc1. The quantitative estimate of drug-likeness (QED) is 0.492. The van der Waals surface area contributed by atoms with Crippen molar-refractivity contribution in [1.82, 2.24) is 20.2 Å². The topological polar surface area (TPSA) is 87.7 Å². The third-order valence-electron chi connectivity index (χ3n) is 5.97. The molecule has 1 aromatic heterocycles. The molecule has 1 fully saturated rings. The Morgan fingerprint density at radius 2 is 1.79 bits per heavy atom. The zero-order valence-corrected chi connectivity index (χ0v) is 19.3. The molecule has 1 aliphatic rings. The van der Waals surface area contributed by atoms with E-state index in [0.717, 1.165) is 50.3 Å². The molecule has 1 N–H and O–H groups in total. The number of aldehydes is 1. The monoisotopic (exact) mass is 459 g/mol. The van der Waals surface area contributed by atoms with Gasteiger partial charge in [0.2, 0.25) is 0 Å². The Labute approximate surface area is 199 Å². The summed E-state index contributed by atoms with van der Waals surface area (Å²) in [5.74, 6) is 0.482. The van der Waals surface area contributed by atoms with Gasteiger partial charge in [-0.1, -0.05) is 42.5 Å². The minimum absolute atomic E-state index is 0.290. The molecule has 0 aliphatic carbocycles. The lowest BCUT2D eigenvalue weighted by Gasteiger charge is -2.36. The van der Waals surface area contributed by atoms with Crippen molar-refractivity contribution in [2.75, 3.05) is 38.2 Å². The number of hydrogen-bond acceptors (Lipinski definition) is 7. The number of carbonyl (C=O) groups is 2. The molecule has 2 heterocycles. The lowest BCUT2D eigenvalue weighted by molar-refractivity contribution is -0.109. The molecule has 1 amide bonds. The molecule has 1 aliphatic heterocycles. The first-order valence-electron chi connectivity index (χ1n) is 11.4. The summed E-state index contributed by atoms with van der Waals surface area (Å²) >= 11 is 0. The van der Waals surface area contributed by atoms with Crippen LogP contribution in [-0.2, 0) is 17.8 Å². The number of ether oxygens (including phenoxy) is 1. The van der Waals surface area contributed by atoms with Crippen LogP contribution < -0.4 is 15.0 Å². The molecule has 2 aromatic carbocycles. The van der Waals surface area contributed by atoms with Crippen LogP contribution in [0.5, 0.6) is 5.75 Å². The number of carbonyl (C=O) groups excluding carboxylic acids is 2. The summed E-state index contributed by atoms with van der Waals surface area (Å²) in [7, 11) is 1.67. The number of rotatable bonds is 9. The number of nitrogens with one attached hydrogen (secondary N) is 1. The highest BCUT2D eigenvalue weighted by Crippen LogP contribution is 2.21. The molecule has 4 rings (SSSR count). The van der Waals surface area contributed by atoms with Gasteiger partial charge < -0.3 is 19.7 Å². The van der Waals surface area contributed by atoms with Gasteiger partial charge in [0.15, 0.2) is 5.69 Å². The van der Waals surface area contributed by atoms with E-state index in [1.54, 1.807) is 13.3 Å². The smallest absolute Gasteiger partial charge is 0.272 e. The Morgan fingerprint density at radius 1 is 1.06 bits per heavy atom. The first-order chi connectivity index (χ1) is 16.7. The Bertz CT molecular complexity index is 1080. The Kier molecular flexibility index (Phi) is 7.83. The fourth-order valence-electron chi connectivity index (χ4n) is 4.10. The van der Waals surface area contributed by atoms with E-state index in [1.165, 1.54) is 11.9 Å². The number of hydrogen-bond donors (Lipinski definition) is 1. The molecule has 1 atom stereocenters. The maximum absolute atomic E-state index is 13.0. The van der Waals surface area contributed by atoms with Crippen molar-refractivity contribution >= 4 is 17.9 Å². The maximum atomic E-state index is 13.0. The van der Waals surface area contributed by atoms with E-state index in [0.29, 0.717) is 17.8 Å². The van der Waals surface area contributed by atoms with Gasteiger partial charge in [0, 0.05) is 32.7 Å². The molecule has 8 heteroatoms. The van der Waals surface area contributed by atoms with Crippen LogP contribution in [0.1, 0.15) is 21.6 Å². The van der Waals surface area contributed by atoms with E-state index in [-0.39, 0.29) is 5.91 Å². The van der Waals surface area contributed by atoms with Gasteiger partial charge in [-0.25, -0.2) is 9.97 Å². The zero-order valence-electron chi connectivity index (χ0n) is 19.3. The van der Waals surface area contributed by atoms with Crippen LogP contribution in [0.2, 0.25) is 0 Å². The molecule has 0 saturated carbocycles. The van der Waals surface area contributed by atoms with Crippen molar-refractivity contribution < 1.29 is 14.3 Å². The van der Waals surface area contributed by atoms with Crippen LogP contribution in [0.4, 0.5) is 5.69 Å². The summed E-state index contributed by atoms with van der Waals surface area (Å²) < 4.78 is 5.23. The molecule has 1 saturated heterocycles. The highest BCUT2D eigenvalue weighted by atomic mass is 16.5. The largest absolute Gasteiger partial charge is 0.497 e. The summed E-state index contributed by atoms with van der Waals surface area (Å²) in [6.07, 6.45) is 4.24. The second kappa shape index (κ2) is 11.4. The molecule has 0 bridgehead atoms. The van der Waals surface area contributed by atoms with Crippen molar-refractivity contribution in [2.24, 2.45) is 0 Å². The van der Waals surface area contributed by atoms with E-state index in [2.05, 4.69) is 37.2 Å². The zero-order chi connectivity index (χ0) is 23.8. The van der Waals surface area contributed by atoms with Gasteiger partial charge in [-0.2, -0.15) is 0 Å². The van der Waals surface area contributed by atoms with Crippen LogP contribution >= 0.6 is 0 Å². The summed E-state index contributed by atoms with van der Waals surface area (Å²) in [4.78, 5) is 37.5. The summed E-state index contributed by atoms with van der Waals surface area (Å²) in [5, 5.41) is 2.82. The van der Waals surface area contributed by atoms with Crippen LogP contribution in [0.3, 0.4) is 0 Å². The predicted octanol–water partition coefficient (Wildman–Crippen LogP) is 2.35. The first kappa shape index (κ1) is 23.4. The molecule has 3 aromatic rings. The Hall–Kier alpha value is -3.78. The first-order valence-corrected chi connectivity index (χ1v) is 11.4. The number of piperazine rings is 1.